The van der Waals surface area contributed by atoms with Crippen LogP contribution in [0.1, 0.15) is 22.3 Å². The van der Waals surface area contributed by atoms with Crippen molar-refractivity contribution in [3.05, 3.63) is 235 Å². The second kappa shape index (κ2) is 14.3. The zero-order valence-electron chi connectivity index (χ0n) is 30.5. The van der Waals surface area contributed by atoms with E-state index in [0.29, 0.717) is 17.5 Å². The van der Waals surface area contributed by atoms with Gasteiger partial charge in [0.15, 0.2) is 17.5 Å². The van der Waals surface area contributed by atoms with Crippen LogP contribution in [0.25, 0.3) is 65.5 Å². The van der Waals surface area contributed by atoms with Gasteiger partial charge in [0.1, 0.15) is 0 Å². The van der Waals surface area contributed by atoms with E-state index in [-0.39, 0.29) is 0 Å². The predicted octanol–water partition coefficient (Wildman–Crippen LogP) is 13.3. The smallest absolute Gasteiger partial charge is 0.164 e. The van der Waals surface area contributed by atoms with Crippen LogP contribution in [-0.4, -0.2) is 15.0 Å². The number of rotatable bonds is 8. The molecule has 0 unspecified atom stereocenters. The van der Waals surface area contributed by atoms with Crippen LogP contribution < -0.4 is 0 Å². The van der Waals surface area contributed by atoms with Crippen LogP contribution >= 0.6 is 11.3 Å². The zero-order valence-corrected chi connectivity index (χ0v) is 31.3. The molecule has 8 aromatic carbocycles. The minimum absolute atomic E-state index is 0.573. The van der Waals surface area contributed by atoms with E-state index in [1.165, 1.54) is 42.4 Å². The van der Waals surface area contributed by atoms with Gasteiger partial charge in [0.2, 0.25) is 0 Å². The van der Waals surface area contributed by atoms with Gasteiger partial charge in [0, 0.05) is 36.9 Å². The summed E-state index contributed by atoms with van der Waals surface area (Å²) in [5.41, 5.74) is 9.36. The molecule has 0 fully saturated rings. The molecule has 56 heavy (non-hydrogen) atoms. The molecular formula is C52H35N3S. The average molecular weight is 734 g/mol. The molecule has 3 nitrogen and oxygen atoms in total. The highest BCUT2D eigenvalue weighted by Crippen LogP contribution is 2.48. The third-order valence-electron chi connectivity index (χ3n) is 10.7. The molecule has 10 aromatic rings. The van der Waals surface area contributed by atoms with Crippen molar-refractivity contribution in [2.45, 2.75) is 5.41 Å². The first-order valence-electron chi connectivity index (χ1n) is 18.9. The van der Waals surface area contributed by atoms with Crippen LogP contribution in [0.3, 0.4) is 0 Å². The molecule has 0 atom stereocenters. The number of fused-ring (bicyclic) bond motifs is 3. The van der Waals surface area contributed by atoms with Gasteiger partial charge < -0.3 is 0 Å². The second-order valence-electron chi connectivity index (χ2n) is 14.0. The Morgan fingerprint density at radius 3 is 1.29 bits per heavy atom. The summed E-state index contributed by atoms with van der Waals surface area (Å²) in [5.74, 6) is 1.93. The van der Waals surface area contributed by atoms with Crippen molar-refractivity contribution in [1.82, 2.24) is 15.0 Å². The van der Waals surface area contributed by atoms with Gasteiger partial charge in [0.25, 0.3) is 0 Å². The Labute approximate surface area is 330 Å². The minimum Gasteiger partial charge on any atom is -0.208 e. The molecular weight excluding hydrogens is 699 g/mol. The molecule has 0 spiro atoms. The molecule has 2 heterocycles. The van der Waals surface area contributed by atoms with E-state index in [9.17, 15) is 0 Å². The lowest BCUT2D eigenvalue weighted by Crippen LogP contribution is -2.31. The Bertz CT molecular complexity index is 2790. The van der Waals surface area contributed by atoms with Crippen LogP contribution in [0.15, 0.2) is 212 Å². The summed E-state index contributed by atoms with van der Waals surface area (Å²) in [5, 5.41) is 2.47. The quantitative estimate of drug-likeness (QED) is 0.146. The summed E-state index contributed by atoms with van der Waals surface area (Å²) in [6.45, 7) is 0. The van der Waals surface area contributed by atoms with Gasteiger partial charge in [0.05, 0.1) is 5.41 Å². The van der Waals surface area contributed by atoms with E-state index in [2.05, 4.69) is 176 Å². The van der Waals surface area contributed by atoms with E-state index in [1.54, 1.807) is 0 Å². The first-order valence-corrected chi connectivity index (χ1v) is 19.7. The van der Waals surface area contributed by atoms with Crippen molar-refractivity contribution in [3.8, 4) is 45.3 Å². The lowest BCUT2D eigenvalue weighted by atomic mass is 9.65. The molecule has 4 heteroatoms. The molecule has 10 rings (SSSR count). The second-order valence-corrected chi connectivity index (χ2v) is 15.0. The molecule has 0 saturated heterocycles. The molecule has 0 N–H and O–H groups in total. The molecule has 0 radical (unpaired) electrons. The van der Waals surface area contributed by atoms with Crippen molar-refractivity contribution in [3.63, 3.8) is 0 Å². The van der Waals surface area contributed by atoms with Gasteiger partial charge >= 0.3 is 0 Å². The molecule has 0 saturated carbocycles. The van der Waals surface area contributed by atoms with Gasteiger partial charge in [-0.05, 0) is 57.6 Å². The highest BCUT2D eigenvalue weighted by molar-refractivity contribution is 7.26. The lowest BCUT2D eigenvalue weighted by molar-refractivity contribution is 0.745. The predicted molar refractivity (Wildman–Crippen MR) is 233 cm³/mol. The molecule has 2 aromatic heterocycles. The van der Waals surface area contributed by atoms with Crippen molar-refractivity contribution in [1.29, 1.82) is 0 Å². The number of hydrogen-bond donors (Lipinski definition) is 0. The van der Waals surface area contributed by atoms with E-state index in [4.69, 9.17) is 15.0 Å². The fourth-order valence-corrected chi connectivity index (χ4v) is 9.30. The van der Waals surface area contributed by atoms with E-state index in [1.807, 2.05) is 47.7 Å². The molecule has 0 bridgehead atoms. The molecule has 0 aliphatic heterocycles. The maximum atomic E-state index is 5.15. The summed E-state index contributed by atoms with van der Waals surface area (Å²) in [6.07, 6.45) is 0. The Morgan fingerprint density at radius 1 is 0.321 bits per heavy atom. The normalized spacial score (nSPS) is 11.6. The molecule has 264 valence electrons. The van der Waals surface area contributed by atoms with Crippen LogP contribution in [0.2, 0.25) is 0 Å². The van der Waals surface area contributed by atoms with Gasteiger partial charge in [-0.1, -0.05) is 188 Å². The third kappa shape index (κ3) is 5.88. The van der Waals surface area contributed by atoms with E-state index in [0.717, 1.165) is 27.8 Å². The highest BCUT2D eigenvalue weighted by Gasteiger charge is 2.38. The first-order chi connectivity index (χ1) is 27.8. The van der Waals surface area contributed by atoms with Crippen LogP contribution in [0.4, 0.5) is 0 Å². The molecule has 0 amide bonds. The number of thiophene rings is 1. The first kappa shape index (κ1) is 33.6. The largest absolute Gasteiger partial charge is 0.208 e. The minimum atomic E-state index is -0.573. The van der Waals surface area contributed by atoms with Crippen LogP contribution in [0, 0.1) is 0 Å². The summed E-state index contributed by atoms with van der Waals surface area (Å²) < 4.78 is 2.43. The standard InChI is InChI=1S/C52H35N3S/c1-6-19-36(20-7-1)49-53-50(37-21-8-2-9-22-37)55-51(54-49)39-34-45(48-44-31-16-17-32-46(44)56-47(48)35-39)38-23-18-30-43(33-38)52(40-24-10-3-11-25-40,41-26-12-4-13-27-41)42-28-14-5-15-29-42/h1-35H. The lowest BCUT2D eigenvalue weighted by Gasteiger charge is -2.37. The van der Waals surface area contributed by atoms with E-state index >= 15 is 0 Å². The maximum Gasteiger partial charge on any atom is 0.164 e. The topological polar surface area (TPSA) is 38.7 Å². The van der Waals surface area contributed by atoms with Crippen molar-refractivity contribution in [2.24, 2.45) is 0 Å². The third-order valence-corrected chi connectivity index (χ3v) is 11.8. The number of nitrogens with zero attached hydrogens (tertiary/aromatic N) is 3. The van der Waals surface area contributed by atoms with Crippen molar-refractivity contribution in [2.75, 3.05) is 0 Å². The summed E-state index contributed by atoms with van der Waals surface area (Å²) in [7, 11) is 0. The number of hydrogen-bond acceptors (Lipinski definition) is 4. The van der Waals surface area contributed by atoms with Crippen molar-refractivity contribution < 1.29 is 0 Å². The van der Waals surface area contributed by atoms with Crippen LogP contribution in [0.5, 0.6) is 0 Å². The molecule has 0 aliphatic carbocycles. The highest BCUT2D eigenvalue weighted by atomic mass is 32.1. The van der Waals surface area contributed by atoms with E-state index < -0.39 is 5.41 Å². The number of aromatic nitrogens is 3. The summed E-state index contributed by atoms with van der Waals surface area (Å²) in [6, 6.07) is 75.5. The summed E-state index contributed by atoms with van der Waals surface area (Å²) in [4.78, 5) is 15.3. The SMILES string of the molecule is c1ccc(-c2nc(-c3ccccc3)nc(-c3cc(-c4cccc(C(c5ccccc5)(c5ccccc5)c5ccccc5)c4)c4c(c3)sc3ccccc34)n2)cc1. The van der Waals surface area contributed by atoms with Crippen LogP contribution in [-0.2, 0) is 5.41 Å². The van der Waals surface area contributed by atoms with Gasteiger partial charge in [-0.2, -0.15) is 0 Å². The van der Waals surface area contributed by atoms with Gasteiger partial charge in [-0.3, -0.25) is 0 Å². The Hall–Kier alpha value is -7.01. The fraction of sp³-hybridized carbons (Fsp3) is 0.0192. The monoisotopic (exact) mass is 733 g/mol. The Kier molecular flexibility index (Phi) is 8.59. The summed E-state index contributed by atoms with van der Waals surface area (Å²) >= 11 is 1.81. The number of benzene rings is 8. The fourth-order valence-electron chi connectivity index (χ4n) is 8.13. The van der Waals surface area contributed by atoms with Gasteiger partial charge in [-0.25, -0.2) is 15.0 Å². The molecule has 0 aliphatic rings. The van der Waals surface area contributed by atoms with Gasteiger partial charge in [-0.15, -0.1) is 11.3 Å². The zero-order chi connectivity index (χ0) is 37.3. The Balaban J connectivity index is 1.25. The maximum absolute atomic E-state index is 5.15. The average Bonchev–Trinajstić information content (AvgIpc) is 3.67. The Morgan fingerprint density at radius 2 is 0.750 bits per heavy atom. The van der Waals surface area contributed by atoms with Crippen molar-refractivity contribution >= 4 is 31.5 Å².